The molecule has 2 heterocycles. The lowest BCUT2D eigenvalue weighted by Gasteiger charge is -2.31. The molecule has 2 rings (SSSR count). The quantitative estimate of drug-likeness (QED) is 0.847. The van der Waals surface area contributed by atoms with Crippen molar-refractivity contribution in [1.29, 1.82) is 0 Å². The molecule has 1 N–H and O–H groups in total. The fourth-order valence-electron chi connectivity index (χ4n) is 1.70. The number of hydrogen-bond donors (Lipinski definition) is 1. The Morgan fingerprint density at radius 3 is 3.25 bits per heavy atom. The lowest BCUT2D eigenvalue weighted by atomic mass is 10.2. The van der Waals surface area contributed by atoms with Crippen molar-refractivity contribution in [3.63, 3.8) is 0 Å². The van der Waals surface area contributed by atoms with E-state index in [1.807, 2.05) is 17.2 Å². The van der Waals surface area contributed by atoms with Crippen LogP contribution in [0.25, 0.3) is 0 Å². The van der Waals surface area contributed by atoms with Gasteiger partial charge in [0.2, 0.25) is 0 Å². The molecule has 1 unspecified atom stereocenters. The van der Waals surface area contributed by atoms with Crippen molar-refractivity contribution in [2.24, 2.45) is 0 Å². The first-order valence-corrected chi connectivity index (χ1v) is 6.00. The fourth-order valence-corrected chi connectivity index (χ4v) is 2.50. The Kier molecular flexibility index (Phi) is 3.52. The fraction of sp³-hybridized carbons (Fsp3) is 0.600. The number of carbonyl (C=O) groups is 1. The summed E-state index contributed by atoms with van der Waals surface area (Å²) in [7, 11) is 0. The molecule has 0 aromatic carbocycles. The first-order valence-electron chi connectivity index (χ1n) is 5.12. The van der Waals surface area contributed by atoms with Crippen molar-refractivity contribution in [2.75, 3.05) is 19.8 Å². The Balaban J connectivity index is 2.03. The van der Waals surface area contributed by atoms with Gasteiger partial charge in [-0.25, -0.2) is 4.98 Å². The molecular formula is C10H14N2O3S. The highest BCUT2D eigenvalue weighted by Gasteiger charge is 2.29. The molecule has 0 saturated carbocycles. The summed E-state index contributed by atoms with van der Waals surface area (Å²) in [5.74, 6) is -0.826. The van der Waals surface area contributed by atoms with Crippen molar-refractivity contribution in [3.05, 3.63) is 16.1 Å². The Morgan fingerprint density at radius 2 is 2.62 bits per heavy atom. The van der Waals surface area contributed by atoms with Gasteiger partial charge in [-0.05, 0) is 6.92 Å². The third-order valence-corrected chi connectivity index (χ3v) is 3.48. The average Bonchev–Trinajstić information content (AvgIpc) is 2.64. The molecular weight excluding hydrogens is 228 g/mol. The Morgan fingerprint density at radius 1 is 1.81 bits per heavy atom. The van der Waals surface area contributed by atoms with Crippen LogP contribution in [0.5, 0.6) is 0 Å². The standard InChI is InChI=1S/C10H14N2O3S/c1-7-6-16-9(11-7)4-12-2-3-15-5-8(12)10(13)14/h6,8H,2-5H2,1H3,(H,13,14). The van der Waals surface area contributed by atoms with E-state index in [9.17, 15) is 4.79 Å². The topological polar surface area (TPSA) is 62.7 Å². The molecule has 1 aliphatic rings. The molecule has 0 radical (unpaired) electrons. The van der Waals surface area contributed by atoms with Gasteiger partial charge < -0.3 is 9.84 Å². The summed E-state index contributed by atoms with van der Waals surface area (Å²) >= 11 is 1.57. The van der Waals surface area contributed by atoms with Gasteiger partial charge in [-0.3, -0.25) is 9.69 Å². The van der Waals surface area contributed by atoms with E-state index in [2.05, 4.69) is 4.98 Å². The van der Waals surface area contributed by atoms with Crippen LogP contribution in [0.2, 0.25) is 0 Å². The van der Waals surface area contributed by atoms with Gasteiger partial charge >= 0.3 is 5.97 Å². The number of rotatable bonds is 3. The van der Waals surface area contributed by atoms with Crippen LogP contribution in [0.1, 0.15) is 10.7 Å². The minimum Gasteiger partial charge on any atom is -0.480 e. The van der Waals surface area contributed by atoms with Crippen molar-refractivity contribution < 1.29 is 14.6 Å². The van der Waals surface area contributed by atoms with Crippen LogP contribution in [-0.4, -0.2) is 46.8 Å². The lowest BCUT2D eigenvalue weighted by Crippen LogP contribution is -2.49. The lowest BCUT2D eigenvalue weighted by molar-refractivity contribution is -0.150. The summed E-state index contributed by atoms with van der Waals surface area (Å²) in [5, 5.41) is 12.0. The molecule has 1 aromatic heterocycles. The second-order valence-corrected chi connectivity index (χ2v) is 4.72. The molecule has 16 heavy (non-hydrogen) atoms. The summed E-state index contributed by atoms with van der Waals surface area (Å²) < 4.78 is 5.18. The zero-order valence-corrected chi connectivity index (χ0v) is 9.87. The highest BCUT2D eigenvalue weighted by Crippen LogP contribution is 2.15. The van der Waals surface area contributed by atoms with Gasteiger partial charge in [0.25, 0.3) is 0 Å². The summed E-state index contributed by atoms with van der Waals surface area (Å²) in [4.78, 5) is 17.3. The third-order valence-electron chi connectivity index (χ3n) is 2.53. The molecule has 0 aliphatic carbocycles. The highest BCUT2D eigenvalue weighted by atomic mass is 32.1. The molecule has 0 spiro atoms. The number of aryl methyl sites for hydroxylation is 1. The maximum Gasteiger partial charge on any atom is 0.323 e. The van der Waals surface area contributed by atoms with Crippen LogP contribution >= 0.6 is 11.3 Å². The molecule has 88 valence electrons. The van der Waals surface area contributed by atoms with E-state index < -0.39 is 12.0 Å². The van der Waals surface area contributed by atoms with Gasteiger partial charge in [0, 0.05) is 17.6 Å². The zero-order valence-electron chi connectivity index (χ0n) is 9.05. The summed E-state index contributed by atoms with van der Waals surface area (Å²) in [5.41, 5.74) is 0.986. The molecule has 1 saturated heterocycles. The highest BCUT2D eigenvalue weighted by molar-refractivity contribution is 7.09. The largest absolute Gasteiger partial charge is 0.480 e. The number of thiazole rings is 1. The van der Waals surface area contributed by atoms with E-state index in [0.717, 1.165) is 10.7 Å². The second kappa shape index (κ2) is 4.90. The van der Waals surface area contributed by atoms with Gasteiger partial charge in [-0.1, -0.05) is 0 Å². The number of carboxylic acid groups (broad SMARTS) is 1. The maximum absolute atomic E-state index is 11.0. The van der Waals surface area contributed by atoms with Gasteiger partial charge in [0.05, 0.1) is 19.8 Å². The number of carboxylic acids is 1. The molecule has 5 nitrogen and oxygen atoms in total. The van der Waals surface area contributed by atoms with Crippen LogP contribution in [-0.2, 0) is 16.1 Å². The third kappa shape index (κ3) is 2.58. The molecule has 0 amide bonds. The van der Waals surface area contributed by atoms with Crippen LogP contribution in [0.3, 0.4) is 0 Å². The first kappa shape index (κ1) is 11.5. The molecule has 6 heteroatoms. The number of morpholine rings is 1. The van der Waals surface area contributed by atoms with Gasteiger partial charge in [-0.15, -0.1) is 11.3 Å². The summed E-state index contributed by atoms with van der Waals surface area (Å²) in [6.45, 7) is 4.04. The maximum atomic E-state index is 11.0. The number of ether oxygens (including phenoxy) is 1. The Bertz CT molecular complexity index is 380. The van der Waals surface area contributed by atoms with E-state index in [-0.39, 0.29) is 6.61 Å². The van der Waals surface area contributed by atoms with E-state index in [4.69, 9.17) is 9.84 Å². The number of aliphatic carboxylic acids is 1. The predicted molar refractivity (Wildman–Crippen MR) is 59.5 cm³/mol. The Labute approximate surface area is 97.7 Å². The monoisotopic (exact) mass is 242 g/mol. The predicted octanol–water partition coefficient (Wildman–Crippen LogP) is 0.737. The van der Waals surface area contributed by atoms with Crippen LogP contribution < -0.4 is 0 Å². The van der Waals surface area contributed by atoms with Gasteiger partial charge in [0.1, 0.15) is 11.0 Å². The van der Waals surface area contributed by atoms with Crippen LogP contribution in [0.15, 0.2) is 5.38 Å². The van der Waals surface area contributed by atoms with Crippen molar-refractivity contribution in [1.82, 2.24) is 9.88 Å². The average molecular weight is 242 g/mol. The number of nitrogens with zero attached hydrogens (tertiary/aromatic N) is 2. The molecule has 1 aromatic rings. The molecule has 1 aliphatic heterocycles. The van der Waals surface area contributed by atoms with Crippen molar-refractivity contribution >= 4 is 17.3 Å². The van der Waals surface area contributed by atoms with Crippen LogP contribution in [0, 0.1) is 6.92 Å². The van der Waals surface area contributed by atoms with E-state index in [1.165, 1.54) is 0 Å². The molecule has 1 fully saturated rings. The smallest absolute Gasteiger partial charge is 0.323 e. The zero-order chi connectivity index (χ0) is 11.5. The minimum atomic E-state index is -0.826. The van der Waals surface area contributed by atoms with Crippen molar-refractivity contribution in [3.8, 4) is 0 Å². The van der Waals surface area contributed by atoms with E-state index in [0.29, 0.717) is 19.7 Å². The van der Waals surface area contributed by atoms with E-state index >= 15 is 0 Å². The Hall–Kier alpha value is -0.980. The minimum absolute atomic E-state index is 0.264. The van der Waals surface area contributed by atoms with Crippen LogP contribution in [0.4, 0.5) is 0 Å². The second-order valence-electron chi connectivity index (χ2n) is 3.78. The normalized spacial score (nSPS) is 22.2. The number of hydrogen-bond acceptors (Lipinski definition) is 5. The molecule has 0 bridgehead atoms. The van der Waals surface area contributed by atoms with Gasteiger partial charge in [0.15, 0.2) is 0 Å². The summed E-state index contributed by atoms with van der Waals surface area (Å²) in [6, 6.07) is -0.544. The van der Waals surface area contributed by atoms with Crippen molar-refractivity contribution in [2.45, 2.75) is 19.5 Å². The first-order chi connectivity index (χ1) is 7.66. The van der Waals surface area contributed by atoms with Gasteiger partial charge in [-0.2, -0.15) is 0 Å². The van der Waals surface area contributed by atoms with E-state index in [1.54, 1.807) is 11.3 Å². The summed E-state index contributed by atoms with van der Waals surface area (Å²) in [6.07, 6.45) is 0. The number of aromatic nitrogens is 1. The SMILES string of the molecule is Cc1csc(CN2CCOCC2C(=O)O)n1. The molecule has 1 atom stereocenters.